The number of hydrogen-bond donors (Lipinski definition) is 4. The lowest BCUT2D eigenvalue weighted by molar-refractivity contribution is -0.122. The van der Waals surface area contributed by atoms with E-state index >= 15 is 0 Å². The van der Waals surface area contributed by atoms with Crippen LogP contribution in [0.15, 0.2) is 0 Å². The molecule has 0 aromatic carbocycles. The van der Waals surface area contributed by atoms with Crippen LogP contribution in [0.5, 0.6) is 0 Å². The number of carbonyl (C=O) groups excluding carboxylic acids is 2. The molecule has 0 saturated heterocycles. The van der Waals surface area contributed by atoms with E-state index in [1.165, 1.54) is 6.42 Å². The van der Waals surface area contributed by atoms with Crippen molar-refractivity contribution in [2.45, 2.75) is 110 Å². The molecule has 0 radical (unpaired) electrons. The van der Waals surface area contributed by atoms with Crippen LogP contribution in [0.2, 0.25) is 0 Å². The van der Waals surface area contributed by atoms with Gasteiger partial charge in [0.2, 0.25) is 5.91 Å². The Morgan fingerprint density at radius 3 is 2.28 bits per heavy atom. The first kappa shape index (κ1) is 25.7. The molecule has 1 saturated carbocycles. The van der Waals surface area contributed by atoms with Crippen LogP contribution in [0.4, 0.5) is 4.79 Å². The summed E-state index contributed by atoms with van der Waals surface area (Å²) in [6.45, 7) is 9.38. The van der Waals surface area contributed by atoms with E-state index in [0.29, 0.717) is 24.7 Å². The number of aliphatic hydroxyl groups is 2. The quantitative estimate of drug-likeness (QED) is 0.439. The molecular formula is C22H42N2O5. The third-order valence-electron chi connectivity index (χ3n) is 5.28. The van der Waals surface area contributed by atoms with Gasteiger partial charge in [0.25, 0.3) is 0 Å². The number of amides is 2. The van der Waals surface area contributed by atoms with Crippen molar-refractivity contribution >= 4 is 12.0 Å². The Kier molecular flexibility index (Phi) is 11.0. The van der Waals surface area contributed by atoms with Crippen LogP contribution in [0, 0.1) is 11.8 Å². The maximum Gasteiger partial charge on any atom is 0.407 e. The van der Waals surface area contributed by atoms with Crippen molar-refractivity contribution in [3.8, 4) is 0 Å². The molecule has 4 N–H and O–H groups in total. The van der Waals surface area contributed by atoms with Crippen molar-refractivity contribution in [2.75, 3.05) is 6.54 Å². The van der Waals surface area contributed by atoms with Gasteiger partial charge in [0, 0.05) is 13.0 Å². The lowest BCUT2D eigenvalue weighted by Crippen LogP contribution is -2.53. The molecule has 0 unspecified atom stereocenters. The van der Waals surface area contributed by atoms with Crippen LogP contribution in [-0.2, 0) is 9.53 Å². The summed E-state index contributed by atoms with van der Waals surface area (Å²) in [5, 5.41) is 26.6. The van der Waals surface area contributed by atoms with Crippen LogP contribution >= 0.6 is 0 Å². The molecule has 3 atom stereocenters. The van der Waals surface area contributed by atoms with Gasteiger partial charge in [-0.15, -0.1) is 0 Å². The molecule has 29 heavy (non-hydrogen) atoms. The van der Waals surface area contributed by atoms with Crippen LogP contribution in [0.25, 0.3) is 0 Å². The first-order valence-electron chi connectivity index (χ1n) is 11.1. The largest absolute Gasteiger partial charge is 0.444 e. The molecule has 0 aromatic heterocycles. The summed E-state index contributed by atoms with van der Waals surface area (Å²) in [5.41, 5.74) is -0.645. The number of aliphatic hydroxyl groups excluding tert-OH is 2. The van der Waals surface area contributed by atoms with Crippen LogP contribution < -0.4 is 10.6 Å². The minimum Gasteiger partial charge on any atom is -0.444 e. The molecule has 0 aliphatic heterocycles. The minimum absolute atomic E-state index is 0.0464. The maximum absolute atomic E-state index is 12.3. The second-order valence-corrected chi connectivity index (χ2v) is 9.79. The average molecular weight is 415 g/mol. The molecule has 0 bridgehead atoms. The van der Waals surface area contributed by atoms with Gasteiger partial charge in [0.05, 0.1) is 12.1 Å². The Labute approximate surface area is 176 Å². The number of nitrogens with one attached hydrogen (secondary N) is 2. The van der Waals surface area contributed by atoms with Crippen molar-refractivity contribution in [3.05, 3.63) is 0 Å². The van der Waals surface area contributed by atoms with Crippen LogP contribution in [0.1, 0.15) is 86.0 Å². The van der Waals surface area contributed by atoms with Gasteiger partial charge in [0.15, 0.2) is 0 Å². The summed E-state index contributed by atoms with van der Waals surface area (Å²) < 4.78 is 5.33. The monoisotopic (exact) mass is 414 g/mol. The molecule has 1 rings (SSSR count). The zero-order valence-electron chi connectivity index (χ0n) is 18.9. The van der Waals surface area contributed by atoms with Crippen molar-refractivity contribution in [1.82, 2.24) is 10.6 Å². The maximum atomic E-state index is 12.3. The molecule has 1 aliphatic rings. The van der Waals surface area contributed by atoms with Gasteiger partial charge in [-0.2, -0.15) is 0 Å². The second kappa shape index (κ2) is 12.4. The van der Waals surface area contributed by atoms with Gasteiger partial charge in [-0.25, -0.2) is 4.79 Å². The van der Waals surface area contributed by atoms with Crippen molar-refractivity contribution in [3.63, 3.8) is 0 Å². The summed E-state index contributed by atoms with van der Waals surface area (Å²) in [4.78, 5) is 24.2. The molecule has 7 nitrogen and oxygen atoms in total. The number of rotatable bonds is 10. The highest BCUT2D eigenvalue weighted by atomic mass is 16.6. The zero-order valence-corrected chi connectivity index (χ0v) is 18.9. The SMILES string of the molecule is CC(C)CCC(=O)NC[C@H](O)[C@H](O)[C@H](CC1CCCCC1)NC(=O)OC(C)(C)C. The van der Waals surface area contributed by atoms with Crippen molar-refractivity contribution in [2.24, 2.45) is 11.8 Å². The van der Waals surface area contributed by atoms with E-state index < -0.39 is 29.9 Å². The summed E-state index contributed by atoms with van der Waals surface area (Å²) in [6.07, 6.45) is 4.41. The van der Waals surface area contributed by atoms with Gasteiger partial charge in [-0.3, -0.25) is 4.79 Å². The van der Waals surface area contributed by atoms with Gasteiger partial charge in [0.1, 0.15) is 11.7 Å². The molecule has 170 valence electrons. The predicted octanol–water partition coefficient (Wildman–Crippen LogP) is 3.12. The van der Waals surface area contributed by atoms with E-state index in [-0.39, 0.29) is 12.5 Å². The standard InChI is InChI=1S/C22H42N2O5/c1-15(2)11-12-19(26)23-14-18(25)20(27)17(13-16-9-7-6-8-10-16)24-21(28)29-22(3,4)5/h15-18,20,25,27H,6-14H2,1-5H3,(H,23,26)(H,24,28)/t17-,18-,20+/m0/s1. The van der Waals surface area contributed by atoms with E-state index in [1.807, 2.05) is 13.8 Å². The normalized spacial score (nSPS) is 18.8. The zero-order chi connectivity index (χ0) is 22.0. The van der Waals surface area contributed by atoms with Gasteiger partial charge < -0.3 is 25.6 Å². The topological polar surface area (TPSA) is 108 Å². The Bertz CT molecular complexity index is 498. The predicted molar refractivity (Wildman–Crippen MR) is 113 cm³/mol. The number of ether oxygens (including phenoxy) is 1. The van der Waals surface area contributed by atoms with E-state index in [2.05, 4.69) is 10.6 Å². The van der Waals surface area contributed by atoms with Gasteiger partial charge in [-0.1, -0.05) is 46.0 Å². The lowest BCUT2D eigenvalue weighted by Gasteiger charge is -2.32. The molecule has 1 fully saturated rings. The fraction of sp³-hybridized carbons (Fsp3) is 0.909. The Morgan fingerprint density at radius 1 is 1.10 bits per heavy atom. The first-order valence-corrected chi connectivity index (χ1v) is 11.1. The fourth-order valence-corrected chi connectivity index (χ4v) is 3.64. The molecule has 7 heteroatoms. The Balaban J connectivity index is 2.65. The number of carbonyl (C=O) groups is 2. The highest BCUT2D eigenvalue weighted by molar-refractivity contribution is 5.75. The van der Waals surface area contributed by atoms with Crippen LogP contribution in [0.3, 0.4) is 0 Å². The Hall–Kier alpha value is -1.34. The van der Waals surface area contributed by atoms with Crippen molar-refractivity contribution in [1.29, 1.82) is 0 Å². The molecule has 2 amide bonds. The summed E-state index contributed by atoms with van der Waals surface area (Å²) in [6, 6.07) is -0.629. The fourth-order valence-electron chi connectivity index (χ4n) is 3.64. The third kappa shape index (κ3) is 11.4. The van der Waals surface area contributed by atoms with E-state index in [9.17, 15) is 19.8 Å². The molecule has 1 aliphatic carbocycles. The third-order valence-corrected chi connectivity index (χ3v) is 5.28. The van der Waals surface area contributed by atoms with Crippen molar-refractivity contribution < 1.29 is 24.5 Å². The van der Waals surface area contributed by atoms with E-state index in [4.69, 9.17) is 4.74 Å². The Morgan fingerprint density at radius 2 is 1.72 bits per heavy atom. The van der Waals surface area contributed by atoms with E-state index in [0.717, 1.165) is 32.1 Å². The smallest absolute Gasteiger partial charge is 0.407 e. The van der Waals surface area contributed by atoms with Gasteiger partial charge in [-0.05, 0) is 45.4 Å². The summed E-state index contributed by atoms with van der Waals surface area (Å²) in [5.74, 6) is 0.675. The molecule has 0 heterocycles. The highest BCUT2D eigenvalue weighted by Crippen LogP contribution is 2.28. The first-order chi connectivity index (χ1) is 13.5. The number of hydrogen-bond acceptors (Lipinski definition) is 5. The second-order valence-electron chi connectivity index (χ2n) is 9.79. The van der Waals surface area contributed by atoms with Crippen LogP contribution in [-0.4, -0.2) is 52.6 Å². The number of alkyl carbamates (subject to hydrolysis) is 1. The molecule has 0 aromatic rings. The average Bonchev–Trinajstić information content (AvgIpc) is 2.62. The highest BCUT2D eigenvalue weighted by Gasteiger charge is 2.32. The molecular weight excluding hydrogens is 372 g/mol. The minimum atomic E-state index is -1.19. The van der Waals surface area contributed by atoms with E-state index in [1.54, 1.807) is 20.8 Å². The summed E-state index contributed by atoms with van der Waals surface area (Å²) in [7, 11) is 0. The van der Waals surface area contributed by atoms with Gasteiger partial charge >= 0.3 is 6.09 Å². The lowest BCUT2D eigenvalue weighted by atomic mass is 9.83. The molecule has 0 spiro atoms. The summed E-state index contributed by atoms with van der Waals surface area (Å²) >= 11 is 0.